The number of aliphatic carboxylic acids is 1. The molecule has 3 aromatic rings. The van der Waals surface area contributed by atoms with Gasteiger partial charge in [-0.1, -0.05) is 66.2 Å². The third kappa shape index (κ3) is 3.71. The van der Waals surface area contributed by atoms with Gasteiger partial charge in [0.25, 0.3) is 0 Å². The van der Waals surface area contributed by atoms with Gasteiger partial charge >= 0.3 is 5.97 Å². The molecule has 0 radical (unpaired) electrons. The number of carboxylic acids is 1. The average Bonchev–Trinajstić information content (AvgIpc) is 2.70. The molecule has 1 atom stereocenters. The second-order valence-electron chi connectivity index (χ2n) is 7.17. The molecule has 0 amide bonds. The van der Waals surface area contributed by atoms with Crippen LogP contribution in [-0.2, 0) is 4.79 Å². The molecule has 0 spiro atoms. The second-order valence-corrected chi connectivity index (χ2v) is 7.61. The van der Waals surface area contributed by atoms with E-state index in [1.807, 2.05) is 12.1 Å². The zero-order valence-corrected chi connectivity index (χ0v) is 15.8. The van der Waals surface area contributed by atoms with Crippen LogP contribution >= 0.6 is 11.6 Å². The van der Waals surface area contributed by atoms with E-state index in [4.69, 9.17) is 11.6 Å². The number of fused-ring (bicyclic) bond motifs is 1. The van der Waals surface area contributed by atoms with Gasteiger partial charge in [-0.2, -0.15) is 0 Å². The Bertz CT molecular complexity index is 941. The van der Waals surface area contributed by atoms with E-state index in [1.165, 1.54) is 21.9 Å². The minimum Gasteiger partial charge on any atom is -0.481 e. The van der Waals surface area contributed by atoms with E-state index < -0.39 is 5.97 Å². The van der Waals surface area contributed by atoms with Crippen molar-refractivity contribution < 1.29 is 9.90 Å². The van der Waals surface area contributed by atoms with Crippen molar-refractivity contribution in [2.24, 2.45) is 5.92 Å². The number of likely N-dealkylation sites (tertiary alicyclic amines) is 1. The zero-order chi connectivity index (χ0) is 18.8. The van der Waals surface area contributed by atoms with Crippen molar-refractivity contribution in [1.82, 2.24) is 4.90 Å². The molecular formula is C23H22ClNO2. The van der Waals surface area contributed by atoms with Crippen molar-refractivity contribution in [1.29, 1.82) is 0 Å². The monoisotopic (exact) mass is 379 g/mol. The summed E-state index contributed by atoms with van der Waals surface area (Å²) in [6.45, 7) is 1.54. The molecule has 4 heteroatoms. The van der Waals surface area contributed by atoms with Gasteiger partial charge in [-0.25, -0.2) is 0 Å². The smallest absolute Gasteiger partial charge is 0.306 e. The van der Waals surface area contributed by atoms with Crippen LogP contribution in [0.15, 0.2) is 66.7 Å². The maximum Gasteiger partial charge on any atom is 0.306 e. The zero-order valence-electron chi connectivity index (χ0n) is 15.0. The predicted molar refractivity (Wildman–Crippen MR) is 109 cm³/mol. The van der Waals surface area contributed by atoms with E-state index in [0.717, 1.165) is 18.1 Å². The SMILES string of the molecule is O=C(O)C1CCN(C(c2ccc(Cl)cc2)c2cccc3ccccc23)CC1. The lowest BCUT2D eigenvalue weighted by Gasteiger charge is -2.37. The topological polar surface area (TPSA) is 40.5 Å². The van der Waals surface area contributed by atoms with E-state index in [-0.39, 0.29) is 12.0 Å². The molecule has 1 saturated heterocycles. The molecule has 0 aromatic heterocycles. The molecule has 4 rings (SSSR count). The van der Waals surface area contributed by atoms with E-state index in [0.29, 0.717) is 12.8 Å². The van der Waals surface area contributed by atoms with Crippen LogP contribution in [0, 0.1) is 5.92 Å². The van der Waals surface area contributed by atoms with Gasteiger partial charge in [0, 0.05) is 5.02 Å². The molecule has 27 heavy (non-hydrogen) atoms. The number of piperidine rings is 1. The largest absolute Gasteiger partial charge is 0.481 e. The van der Waals surface area contributed by atoms with Crippen LogP contribution in [0.5, 0.6) is 0 Å². The summed E-state index contributed by atoms with van der Waals surface area (Å²) in [5.41, 5.74) is 2.44. The molecule has 1 aliphatic heterocycles. The van der Waals surface area contributed by atoms with Crippen molar-refractivity contribution in [2.45, 2.75) is 18.9 Å². The van der Waals surface area contributed by atoms with Crippen LogP contribution < -0.4 is 0 Å². The Labute approximate surface area is 164 Å². The molecule has 3 nitrogen and oxygen atoms in total. The number of hydrogen-bond acceptors (Lipinski definition) is 2. The van der Waals surface area contributed by atoms with Crippen LogP contribution in [0.3, 0.4) is 0 Å². The summed E-state index contributed by atoms with van der Waals surface area (Å²) < 4.78 is 0. The van der Waals surface area contributed by atoms with Crippen molar-refractivity contribution in [3.05, 3.63) is 82.9 Å². The first-order chi connectivity index (χ1) is 13.1. The number of rotatable bonds is 4. The number of halogens is 1. The van der Waals surface area contributed by atoms with E-state index in [2.05, 4.69) is 59.5 Å². The van der Waals surface area contributed by atoms with Crippen LogP contribution in [0.2, 0.25) is 5.02 Å². The maximum absolute atomic E-state index is 11.3. The van der Waals surface area contributed by atoms with Gasteiger partial charge in [-0.15, -0.1) is 0 Å². The average molecular weight is 380 g/mol. The van der Waals surface area contributed by atoms with Gasteiger partial charge in [-0.05, 0) is 60.0 Å². The summed E-state index contributed by atoms with van der Waals surface area (Å²) in [5.74, 6) is -0.914. The Morgan fingerprint density at radius 3 is 2.33 bits per heavy atom. The number of nitrogens with zero attached hydrogens (tertiary/aromatic N) is 1. The third-order valence-electron chi connectivity index (χ3n) is 5.55. The van der Waals surface area contributed by atoms with Gasteiger partial charge in [0.15, 0.2) is 0 Å². The van der Waals surface area contributed by atoms with Crippen LogP contribution in [0.4, 0.5) is 0 Å². The minimum atomic E-state index is -0.678. The molecule has 0 aliphatic carbocycles. The minimum absolute atomic E-state index is 0.0862. The molecule has 1 heterocycles. The molecule has 3 aromatic carbocycles. The van der Waals surface area contributed by atoms with Gasteiger partial charge in [0.1, 0.15) is 0 Å². The van der Waals surface area contributed by atoms with Gasteiger partial charge in [-0.3, -0.25) is 9.69 Å². The summed E-state index contributed by atoms with van der Waals surface area (Å²) >= 11 is 6.12. The molecule has 0 saturated carbocycles. The van der Waals surface area contributed by atoms with Gasteiger partial charge in [0.2, 0.25) is 0 Å². The number of benzene rings is 3. The summed E-state index contributed by atoms with van der Waals surface area (Å²) in [5, 5.41) is 12.5. The van der Waals surface area contributed by atoms with Crippen molar-refractivity contribution in [3.8, 4) is 0 Å². The first-order valence-electron chi connectivity index (χ1n) is 9.33. The highest BCUT2D eigenvalue weighted by molar-refractivity contribution is 6.30. The first-order valence-corrected chi connectivity index (χ1v) is 9.71. The summed E-state index contributed by atoms with van der Waals surface area (Å²) in [4.78, 5) is 13.8. The number of hydrogen-bond donors (Lipinski definition) is 1. The summed E-state index contributed by atoms with van der Waals surface area (Å²) in [6, 6.07) is 23.0. The Hall–Kier alpha value is -2.36. The molecule has 0 bridgehead atoms. The van der Waals surface area contributed by atoms with E-state index in [9.17, 15) is 9.90 Å². The molecule has 1 unspecified atom stereocenters. The standard InChI is InChI=1S/C23H22ClNO2/c24-19-10-8-17(9-11-19)22(25-14-12-18(13-15-25)23(26)27)21-7-3-5-16-4-1-2-6-20(16)21/h1-11,18,22H,12-15H2,(H,26,27). The normalized spacial score (nSPS) is 17.1. The predicted octanol–water partition coefficient (Wildman–Crippen LogP) is 5.38. The molecule has 1 fully saturated rings. The van der Waals surface area contributed by atoms with E-state index >= 15 is 0 Å². The van der Waals surface area contributed by atoms with Crippen LogP contribution in [0.25, 0.3) is 10.8 Å². The van der Waals surface area contributed by atoms with Gasteiger partial charge in [0.05, 0.1) is 12.0 Å². The molecular weight excluding hydrogens is 358 g/mol. The van der Waals surface area contributed by atoms with Crippen molar-refractivity contribution in [3.63, 3.8) is 0 Å². The van der Waals surface area contributed by atoms with Gasteiger partial charge < -0.3 is 5.11 Å². The summed E-state index contributed by atoms with van der Waals surface area (Å²) in [7, 11) is 0. The van der Waals surface area contributed by atoms with Crippen molar-refractivity contribution in [2.75, 3.05) is 13.1 Å². The lowest BCUT2D eigenvalue weighted by Crippen LogP contribution is -2.39. The fourth-order valence-electron chi connectivity index (χ4n) is 4.13. The van der Waals surface area contributed by atoms with E-state index in [1.54, 1.807) is 0 Å². The highest BCUT2D eigenvalue weighted by atomic mass is 35.5. The second kappa shape index (κ2) is 7.71. The third-order valence-corrected chi connectivity index (χ3v) is 5.80. The fraction of sp³-hybridized carbons (Fsp3) is 0.261. The Kier molecular flexibility index (Phi) is 5.15. The summed E-state index contributed by atoms with van der Waals surface area (Å²) in [6.07, 6.45) is 1.37. The van der Waals surface area contributed by atoms with Crippen molar-refractivity contribution >= 4 is 28.3 Å². The highest BCUT2D eigenvalue weighted by Crippen LogP contribution is 2.36. The number of carbonyl (C=O) groups is 1. The Balaban J connectivity index is 1.77. The molecule has 1 aliphatic rings. The Morgan fingerprint density at radius 1 is 0.963 bits per heavy atom. The lowest BCUT2D eigenvalue weighted by atomic mass is 9.89. The maximum atomic E-state index is 11.3. The highest BCUT2D eigenvalue weighted by Gasteiger charge is 2.30. The lowest BCUT2D eigenvalue weighted by molar-refractivity contribution is -0.143. The molecule has 1 N–H and O–H groups in total. The first kappa shape index (κ1) is 18.0. The van der Waals surface area contributed by atoms with Crippen LogP contribution in [0.1, 0.15) is 30.0 Å². The fourth-order valence-corrected chi connectivity index (χ4v) is 4.25. The Morgan fingerprint density at radius 2 is 1.63 bits per heavy atom. The molecule has 138 valence electrons. The quantitative estimate of drug-likeness (QED) is 0.661. The number of carboxylic acid groups (broad SMARTS) is 1. The van der Waals surface area contributed by atoms with Crippen LogP contribution in [-0.4, -0.2) is 29.1 Å².